The van der Waals surface area contributed by atoms with Crippen molar-refractivity contribution in [2.75, 3.05) is 20.3 Å². The topological polar surface area (TPSA) is 165 Å². The normalized spacial score (nSPS) is 35.5. The Kier molecular flexibility index (Phi) is 10.6. The summed E-state index contributed by atoms with van der Waals surface area (Å²) < 4.78 is 65.2. The van der Waals surface area contributed by atoms with Gasteiger partial charge in [0.1, 0.15) is 48.9 Å². The molecule has 260 valence electrons. The fourth-order valence-corrected chi connectivity index (χ4v) is 6.06. The molecule has 0 unspecified atom stereocenters. The minimum absolute atomic E-state index is 0.0991. The minimum Gasteiger partial charge on any atom is -0.497 e. The molecule has 15 heteroatoms. The Hall–Kier alpha value is -3.18. The molecule has 0 bridgehead atoms. The molecular formula is C32H43NO14. The Morgan fingerprint density at radius 2 is 1.38 bits per heavy atom. The van der Waals surface area contributed by atoms with Crippen LogP contribution in [0.2, 0.25) is 0 Å². The summed E-state index contributed by atoms with van der Waals surface area (Å²) in [6.07, 6.45) is -6.22. The molecule has 4 aliphatic rings. The molecule has 1 aromatic carbocycles. The van der Waals surface area contributed by atoms with Crippen LogP contribution in [-0.2, 0) is 61.8 Å². The van der Waals surface area contributed by atoms with E-state index in [0.29, 0.717) is 11.3 Å². The third-order valence-corrected chi connectivity index (χ3v) is 7.86. The lowest BCUT2D eigenvalue weighted by Gasteiger charge is -2.44. The largest absolute Gasteiger partial charge is 0.497 e. The summed E-state index contributed by atoms with van der Waals surface area (Å²) in [5, 5.41) is 0. The third-order valence-electron chi connectivity index (χ3n) is 7.86. The zero-order valence-electron chi connectivity index (χ0n) is 27.7. The van der Waals surface area contributed by atoms with Gasteiger partial charge >= 0.3 is 17.9 Å². The molecule has 4 heterocycles. The second-order valence-electron chi connectivity index (χ2n) is 12.6. The van der Waals surface area contributed by atoms with E-state index >= 15 is 0 Å². The maximum Gasteiger partial charge on any atom is 0.303 e. The smallest absolute Gasteiger partial charge is 0.303 e. The summed E-state index contributed by atoms with van der Waals surface area (Å²) >= 11 is 0. The highest BCUT2D eigenvalue weighted by atomic mass is 16.9. The van der Waals surface area contributed by atoms with E-state index in [2.05, 4.69) is 0 Å². The zero-order chi connectivity index (χ0) is 34.1. The van der Waals surface area contributed by atoms with Crippen LogP contribution >= 0.6 is 0 Å². The van der Waals surface area contributed by atoms with E-state index in [-0.39, 0.29) is 13.2 Å². The molecule has 0 radical (unpaired) electrons. The van der Waals surface area contributed by atoms with Crippen molar-refractivity contribution in [2.24, 2.45) is 4.99 Å². The number of hydrogen-bond acceptors (Lipinski definition) is 15. The summed E-state index contributed by atoms with van der Waals surface area (Å²) in [6.45, 7) is 10.4. The maximum atomic E-state index is 12.4. The van der Waals surface area contributed by atoms with Crippen molar-refractivity contribution in [3.05, 3.63) is 29.8 Å². The van der Waals surface area contributed by atoms with Crippen LogP contribution in [-0.4, -0.2) is 117 Å². The molecule has 1 aromatic rings. The van der Waals surface area contributed by atoms with Crippen molar-refractivity contribution < 1.29 is 66.5 Å². The van der Waals surface area contributed by atoms with E-state index in [1.807, 2.05) is 0 Å². The first-order valence-corrected chi connectivity index (χ1v) is 15.4. The summed E-state index contributed by atoms with van der Waals surface area (Å²) in [5.41, 5.74) is 0.696. The maximum absolute atomic E-state index is 12.4. The van der Waals surface area contributed by atoms with E-state index in [1.165, 1.54) is 20.8 Å². The lowest BCUT2D eigenvalue weighted by molar-refractivity contribution is -0.293. The predicted molar refractivity (Wildman–Crippen MR) is 159 cm³/mol. The van der Waals surface area contributed by atoms with Crippen LogP contribution in [0.15, 0.2) is 29.3 Å². The van der Waals surface area contributed by atoms with Gasteiger partial charge in [0.2, 0.25) is 0 Å². The van der Waals surface area contributed by atoms with Crippen LogP contribution in [0.25, 0.3) is 0 Å². The van der Waals surface area contributed by atoms with Crippen molar-refractivity contribution in [2.45, 2.75) is 121 Å². The number of benzene rings is 1. The summed E-state index contributed by atoms with van der Waals surface area (Å²) in [5.74, 6) is -3.10. The van der Waals surface area contributed by atoms with Gasteiger partial charge in [0.15, 0.2) is 36.4 Å². The molecule has 0 aromatic heterocycles. The molecule has 0 saturated carbocycles. The Labute approximate surface area is 273 Å². The monoisotopic (exact) mass is 665 g/mol. The van der Waals surface area contributed by atoms with E-state index in [1.54, 1.807) is 65.3 Å². The van der Waals surface area contributed by atoms with Crippen LogP contribution < -0.4 is 4.74 Å². The number of carbonyl (C=O) groups excluding carboxylic acids is 3. The first kappa shape index (κ1) is 35.1. The number of nitrogens with zero attached hydrogens (tertiary/aromatic N) is 1. The highest BCUT2D eigenvalue weighted by Gasteiger charge is 2.61. The molecule has 0 amide bonds. The van der Waals surface area contributed by atoms with Crippen molar-refractivity contribution in [1.82, 2.24) is 0 Å². The van der Waals surface area contributed by atoms with Gasteiger partial charge in [0, 0.05) is 27.0 Å². The zero-order valence-corrected chi connectivity index (χ0v) is 27.7. The molecule has 4 aliphatic heterocycles. The highest BCUT2D eigenvalue weighted by molar-refractivity contribution is 5.80. The molecule has 0 N–H and O–H groups in total. The SMILES string of the molecule is COc1ccc(C=N[C@H]2[C@@H](OC[C@H]3O[C@@H]4OC(C)(C)O[C@@H]4[C@H]4OC(C)(C)O[C@H]43)O[C@H](COC(C)=O)[C@@H](OC(C)=O)[C@@H]2OC(C)=O)cc1. The predicted octanol–water partition coefficient (Wildman–Crippen LogP) is 2.05. The van der Waals surface area contributed by atoms with Crippen molar-refractivity contribution in [3.63, 3.8) is 0 Å². The van der Waals surface area contributed by atoms with Crippen LogP contribution in [0.1, 0.15) is 54.0 Å². The van der Waals surface area contributed by atoms with Gasteiger partial charge in [-0.25, -0.2) is 0 Å². The standard InChI is InChI=1S/C32H43NO14/c1-16(34)38-14-21-24(40-17(2)35)26(41-18(3)36)23(33-13-19-9-11-20(37-8)12-10-19)29(42-21)39-15-22-25-27(45-31(4,5)44-25)28-30(43-22)47-32(6,7)46-28/h9-13,21-30H,14-15H2,1-8H3/t21-,22-,23-,24-,25+,26-,27+,28-,29+,30-/m1/s1. The van der Waals surface area contributed by atoms with Gasteiger partial charge in [-0.15, -0.1) is 0 Å². The van der Waals surface area contributed by atoms with E-state index in [0.717, 1.165) is 0 Å². The van der Waals surface area contributed by atoms with Crippen molar-refractivity contribution in [3.8, 4) is 5.75 Å². The van der Waals surface area contributed by atoms with Gasteiger partial charge in [-0.05, 0) is 57.5 Å². The fourth-order valence-electron chi connectivity index (χ4n) is 6.06. The minimum atomic E-state index is -1.20. The first-order chi connectivity index (χ1) is 22.1. The van der Waals surface area contributed by atoms with Crippen LogP contribution in [0, 0.1) is 0 Å². The average Bonchev–Trinajstić information content (AvgIpc) is 3.48. The molecule has 5 rings (SSSR count). The Morgan fingerprint density at radius 1 is 0.766 bits per heavy atom. The highest BCUT2D eigenvalue weighted by Crippen LogP contribution is 2.44. The van der Waals surface area contributed by atoms with Gasteiger partial charge in [-0.2, -0.15) is 0 Å². The van der Waals surface area contributed by atoms with Gasteiger partial charge in [-0.1, -0.05) is 0 Å². The van der Waals surface area contributed by atoms with E-state index < -0.39 is 90.8 Å². The Morgan fingerprint density at radius 3 is 2.02 bits per heavy atom. The Bertz CT molecular complexity index is 1320. The molecule has 4 fully saturated rings. The molecule has 15 nitrogen and oxygen atoms in total. The summed E-state index contributed by atoms with van der Waals surface area (Å²) in [6, 6.07) is 6.05. The van der Waals surface area contributed by atoms with Gasteiger partial charge in [-0.3, -0.25) is 19.4 Å². The van der Waals surface area contributed by atoms with Gasteiger partial charge in [0.25, 0.3) is 0 Å². The second kappa shape index (κ2) is 14.1. The van der Waals surface area contributed by atoms with Crippen molar-refractivity contribution >= 4 is 24.1 Å². The number of carbonyl (C=O) groups is 3. The van der Waals surface area contributed by atoms with Crippen molar-refractivity contribution in [1.29, 1.82) is 0 Å². The summed E-state index contributed by atoms with van der Waals surface area (Å²) in [7, 11) is 1.56. The lowest BCUT2D eigenvalue weighted by Crippen LogP contribution is -2.62. The number of hydrogen-bond donors (Lipinski definition) is 0. The number of aliphatic imine (C=N–C) groups is 1. The lowest BCUT2D eigenvalue weighted by atomic mass is 9.96. The first-order valence-electron chi connectivity index (χ1n) is 15.4. The van der Waals surface area contributed by atoms with Gasteiger partial charge in [0.05, 0.1) is 13.7 Å². The second-order valence-corrected chi connectivity index (χ2v) is 12.6. The molecule has 47 heavy (non-hydrogen) atoms. The number of fused-ring (bicyclic) bond motifs is 3. The summed E-state index contributed by atoms with van der Waals surface area (Å²) in [4.78, 5) is 41.1. The number of methoxy groups -OCH3 is 1. The molecule has 10 atom stereocenters. The van der Waals surface area contributed by atoms with E-state index in [4.69, 9.17) is 57.1 Å². The number of ether oxygens (including phenoxy) is 11. The van der Waals surface area contributed by atoms with E-state index in [9.17, 15) is 14.4 Å². The fraction of sp³-hybridized carbons (Fsp3) is 0.688. The molecule has 4 saturated heterocycles. The number of rotatable bonds is 10. The quantitative estimate of drug-likeness (QED) is 0.203. The van der Waals surface area contributed by atoms with Gasteiger partial charge < -0.3 is 52.1 Å². The van der Waals surface area contributed by atoms with Crippen LogP contribution in [0.4, 0.5) is 0 Å². The molecule has 0 aliphatic carbocycles. The third kappa shape index (κ3) is 8.46. The van der Waals surface area contributed by atoms with Crippen LogP contribution in [0.3, 0.4) is 0 Å². The van der Waals surface area contributed by atoms with Crippen LogP contribution in [0.5, 0.6) is 5.75 Å². The molecule has 0 spiro atoms. The average molecular weight is 666 g/mol. The molecular weight excluding hydrogens is 622 g/mol. The number of esters is 3. The Balaban J connectivity index is 1.45.